The lowest BCUT2D eigenvalue weighted by atomic mass is 9.92. The standard InChI is InChI=1S/C12H24N2O/c1-12(15)5-9-14(10-6-12)11-3-2-7-13-8-4-11/h11,13,15H,2-10H2,1H3/t11-/m0/s1. The van der Waals surface area contributed by atoms with E-state index in [2.05, 4.69) is 10.2 Å². The molecule has 0 bridgehead atoms. The highest BCUT2D eigenvalue weighted by molar-refractivity contribution is 4.86. The first-order valence-electron chi connectivity index (χ1n) is 6.34. The van der Waals surface area contributed by atoms with Crippen molar-refractivity contribution in [3.8, 4) is 0 Å². The molecule has 2 saturated heterocycles. The van der Waals surface area contributed by atoms with Crippen LogP contribution in [0.25, 0.3) is 0 Å². The second-order valence-corrected chi connectivity index (χ2v) is 5.37. The van der Waals surface area contributed by atoms with E-state index in [1.165, 1.54) is 25.8 Å². The van der Waals surface area contributed by atoms with Crippen molar-refractivity contribution in [2.45, 2.75) is 50.7 Å². The number of nitrogens with one attached hydrogen (secondary N) is 1. The Morgan fingerprint density at radius 1 is 1.20 bits per heavy atom. The SMILES string of the molecule is CC1(O)CCN([C@H]2CCCNCC2)CC1. The van der Waals surface area contributed by atoms with Crippen molar-refractivity contribution in [3.05, 3.63) is 0 Å². The molecule has 2 heterocycles. The highest BCUT2D eigenvalue weighted by Crippen LogP contribution is 2.25. The molecule has 0 aromatic carbocycles. The topological polar surface area (TPSA) is 35.5 Å². The molecule has 0 aromatic rings. The minimum absolute atomic E-state index is 0.403. The zero-order chi connectivity index (χ0) is 10.7. The van der Waals surface area contributed by atoms with Gasteiger partial charge in [-0.25, -0.2) is 0 Å². The van der Waals surface area contributed by atoms with Crippen molar-refractivity contribution < 1.29 is 5.11 Å². The van der Waals surface area contributed by atoms with Gasteiger partial charge in [-0.1, -0.05) is 0 Å². The lowest BCUT2D eigenvalue weighted by Crippen LogP contribution is -2.47. The fourth-order valence-corrected chi connectivity index (χ4v) is 2.74. The molecule has 0 aromatic heterocycles. The Morgan fingerprint density at radius 2 is 1.93 bits per heavy atom. The highest BCUT2D eigenvalue weighted by Gasteiger charge is 2.30. The molecule has 0 radical (unpaired) electrons. The number of rotatable bonds is 1. The van der Waals surface area contributed by atoms with Crippen LogP contribution in [0.3, 0.4) is 0 Å². The van der Waals surface area contributed by atoms with Gasteiger partial charge in [0.1, 0.15) is 0 Å². The van der Waals surface area contributed by atoms with Gasteiger partial charge in [0.25, 0.3) is 0 Å². The summed E-state index contributed by atoms with van der Waals surface area (Å²) in [5.41, 5.74) is -0.403. The highest BCUT2D eigenvalue weighted by atomic mass is 16.3. The summed E-state index contributed by atoms with van der Waals surface area (Å²) in [4.78, 5) is 2.59. The Labute approximate surface area is 92.8 Å². The number of nitrogens with zero attached hydrogens (tertiary/aromatic N) is 1. The molecule has 0 spiro atoms. The summed E-state index contributed by atoms with van der Waals surface area (Å²) in [5, 5.41) is 13.4. The molecular formula is C12H24N2O. The van der Waals surface area contributed by atoms with E-state index >= 15 is 0 Å². The predicted molar refractivity (Wildman–Crippen MR) is 61.9 cm³/mol. The van der Waals surface area contributed by atoms with Gasteiger partial charge in [-0.3, -0.25) is 0 Å². The Balaban J connectivity index is 1.83. The minimum Gasteiger partial charge on any atom is -0.390 e. The van der Waals surface area contributed by atoms with Gasteiger partial charge in [-0.2, -0.15) is 0 Å². The Kier molecular flexibility index (Phi) is 3.65. The van der Waals surface area contributed by atoms with Crippen LogP contribution in [-0.4, -0.2) is 47.8 Å². The maximum absolute atomic E-state index is 9.91. The first-order valence-corrected chi connectivity index (χ1v) is 6.34. The van der Waals surface area contributed by atoms with E-state index in [4.69, 9.17) is 0 Å². The summed E-state index contributed by atoms with van der Waals surface area (Å²) in [6, 6.07) is 0.760. The van der Waals surface area contributed by atoms with Crippen LogP contribution in [0.1, 0.15) is 39.0 Å². The molecule has 0 unspecified atom stereocenters. The fraction of sp³-hybridized carbons (Fsp3) is 1.00. The summed E-state index contributed by atoms with van der Waals surface area (Å²) < 4.78 is 0. The van der Waals surface area contributed by atoms with Gasteiger partial charge in [-0.05, 0) is 52.1 Å². The van der Waals surface area contributed by atoms with Crippen LogP contribution in [0.15, 0.2) is 0 Å². The molecule has 3 heteroatoms. The van der Waals surface area contributed by atoms with Gasteiger partial charge in [-0.15, -0.1) is 0 Å². The normalized spacial score (nSPS) is 33.6. The smallest absolute Gasteiger partial charge is 0.0644 e. The molecule has 2 aliphatic heterocycles. The third kappa shape index (κ3) is 3.16. The van der Waals surface area contributed by atoms with Crippen molar-refractivity contribution in [2.75, 3.05) is 26.2 Å². The monoisotopic (exact) mass is 212 g/mol. The molecule has 2 fully saturated rings. The van der Waals surface area contributed by atoms with E-state index in [-0.39, 0.29) is 0 Å². The van der Waals surface area contributed by atoms with E-state index in [0.29, 0.717) is 0 Å². The number of hydrogen-bond acceptors (Lipinski definition) is 3. The zero-order valence-corrected chi connectivity index (χ0v) is 9.84. The quantitative estimate of drug-likeness (QED) is 0.680. The van der Waals surface area contributed by atoms with Crippen LogP contribution in [0, 0.1) is 0 Å². The van der Waals surface area contributed by atoms with Gasteiger partial charge in [0.05, 0.1) is 5.60 Å². The summed E-state index contributed by atoms with van der Waals surface area (Å²) in [5.74, 6) is 0. The van der Waals surface area contributed by atoms with Gasteiger partial charge in [0, 0.05) is 19.1 Å². The Hall–Kier alpha value is -0.120. The third-order valence-corrected chi connectivity index (χ3v) is 3.94. The molecule has 2 aliphatic rings. The van der Waals surface area contributed by atoms with Crippen molar-refractivity contribution >= 4 is 0 Å². The number of hydrogen-bond donors (Lipinski definition) is 2. The summed E-state index contributed by atoms with van der Waals surface area (Å²) >= 11 is 0. The van der Waals surface area contributed by atoms with Crippen molar-refractivity contribution in [1.29, 1.82) is 0 Å². The first-order chi connectivity index (χ1) is 7.17. The van der Waals surface area contributed by atoms with Gasteiger partial charge < -0.3 is 15.3 Å². The summed E-state index contributed by atoms with van der Waals surface area (Å²) in [6.07, 6.45) is 5.79. The van der Waals surface area contributed by atoms with Crippen LogP contribution in [0.5, 0.6) is 0 Å². The van der Waals surface area contributed by atoms with E-state index in [9.17, 15) is 5.11 Å². The molecule has 3 nitrogen and oxygen atoms in total. The van der Waals surface area contributed by atoms with Crippen LogP contribution in [-0.2, 0) is 0 Å². The molecule has 0 aliphatic carbocycles. The van der Waals surface area contributed by atoms with E-state index < -0.39 is 5.60 Å². The number of likely N-dealkylation sites (tertiary alicyclic amines) is 1. The van der Waals surface area contributed by atoms with Gasteiger partial charge >= 0.3 is 0 Å². The molecule has 2 N–H and O–H groups in total. The van der Waals surface area contributed by atoms with Gasteiger partial charge in [0.2, 0.25) is 0 Å². The molecule has 88 valence electrons. The summed E-state index contributed by atoms with van der Waals surface area (Å²) in [6.45, 7) is 6.48. The van der Waals surface area contributed by atoms with Crippen LogP contribution in [0.4, 0.5) is 0 Å². The molecule has 15 heavy (non-hydrogen) atoms. The lowest BCUT2D eigenvalue weighted by molar-refractivity contribution is -0.0178. The maximum Gasteiger partial charge on any atom is 0.0644 e. The molecule has 2 rings (SSSR count). The second kappa shape index (κ2) is 4.81. The van der Waals surface area contributed by atoms with Crippen molar-refractivity contribution in [2.24, 2.45) is 0 Å². The third-order valence-electron chi connectivity index (χ3n) is 3.94. The predicted octanol–water partition coefficient (Wildman–Crippen LogP) is 0.975. The largest absolute Gasteiger partial charge is 0.390 e. The lowest BCUT2D eigenvalue weighted by Gasteiger charge is -2.40. The van der Waals surface area contributed by atoms with Crippen molar-refractivity contribution in [1.82, 2.24) is 10.2 Å². The number of piperidine rings is 1. The van der Waals surface area contributed by atoms with Crippen molar-refractivity contribution in [3.63, 3.8) is 0 Å². The van der Waals surface area contributed by atoms with Crippen LogP contribution < -0.4 is 5.32 Å². The Bertz CT molecular complexity index is 188. The summed E-state index contributed by atoms with van der Waals surface area (Å²) in [7, 11) is 0. The zero-order valence-electron chi connectivity index (χ0n) is 9.84. The molecule has 0 saturated carbocycles. The maximum atomic E-state index is 9.91. The fourth-order valence-electron chi connectivity index (χ4n) is 2.74. The average molecular weight is 212 g/mol. The van der Waals surface area contributed by atoms with Crippen LogP contribution in [0.2, 0.25) is 0 Å². The molecule has 1 atom stereocenters. The molecular weight excluding hydrogens is 188 g/mol. The second-order valence-electron chi connectivity index (χ2n) is 5.37. The van der Waals surface area contributed by atoms with E-state index in [1.807, 2.05) is 6.92 Å². The van der Waals surface area contributed by atoms with Crippen LogP contribution >= 0.6 is 0 Å². The minimum atomic E-state index is -0.403. The van der Waals surface area contributed by atoms with Gasteiger partial charge in [0.15, 0.2) is 0 Å². The first kappa shape index (κ1) is 11.4. The Morgan fingerprint density at radius 3 is 2.67 bits per heavy atom. The van der Waals surface area contributed by atoms with E-state index in [0.717, 1.165) is 38.5 Å². The average Bonchev–Trinajstić information content (AvgIpc) is 2.46. The number of aliphatic hydroxyl groups is 1. The molecule has 0 amide bonds. The van der Waals surface area contributed by atoms with E-state index in [1.54, 1.807) is 0 Å².